The molecule has 0 bridgehead atoms. The average Bonchev–Trinajstić information content (AvgIpc) is 2.62. The topological polar surface area (TPSA) is 44.9 Å². The van der Waals surface area contributed by atoms with E-state index < -0.39 is 5.82 Å². The monoisotopic (exact) mass is 360 g/mol. The number of nitrogens with one attached hydrogen (secondary N) is 2. The van der Waals surface area contributed by atoms with Crippen LogP contribution in [-0.4, -0.2) is 10.9 Å². The third kappa shape index (κ3) is 3.71. The van der Waals surface area contributed by atoms with Gasteiger partial charge in [0.05, 0.1) is 12.1 Å². The predicted octanol–water partition coefficient (Wildman–Crippen LogP) is 4.20. The summed E-state index contributed by atoms with van der Waals surface area (Å²) in [5.41, 5.74) is 1.31. The fourth-order valence-electron chi connectivity index (χ4n) is 1.54. The molecule has 0 radical (unpaired) electrons. The van der Waals surface area contributed by atoms with Gasteiger partial charge in [-0.3, -0.25) is 4.79 Å². The molecule has 2 aromatic rings. The summed E-state index contributed by atoms with van der Waals surface area (Å²) >= 11 is 9.65. The Bertz CT molecular complexity index is 681. The molecule has 0 aliphatic rings. The van der Waals surface area contributed by atoms with Crippen molar-refractivity contribution in [2.24, 2.45) is 0 Å². The summed E-state index contributed by atoms with van der Waals surface area (Å²) in [6, 6.07) is 4.14. The van der Waals surface area contributed by atoms with Crippen LogP contribution in [0.15, 0.2) is 22.7 Å². The minimum absolute atomic E-state index is 0.209. The Balaban J connectivity index is 2.11. The molecular weight excluding hydrogens is 351 g/mol. The molecule has 7 heteroatoms. The van der Waals surface area contributed by atoms with Gasteiger partial charge in [-0.15, -0.1) is 11.3 Å². The number of aromatic amines is 1. The summed E-state index contributed by atoms with van der Waals surface area (Å²) < 4.78 is 14.4. The van der Waals surface area contributed by atoms with Crippen LogP contribution in [0, 0.1) is 16.7 Å². The van der Waals surface area contributed by atoms with Crippen molar-refractivity contribution in [2.75, 3.05) is 5.32 Å². The molecule has 1 amide bonds. The summed E-state index contributed by atoms with van der Waals surface area (Å²) in [4.78, 5) is 15.8. The van der Waals surface area contributed by atoms with E-state index in [-0.39, 0.29) is 12.3 Å². The third-order valence-electron chi connectivity index (χ3n) is 2.45. The summed E-state index contributed by atoms with van der Waals surface area (Å²) in [6.07, 6.45) is 0.215. The highest BCUT2D eigenvalue weighted by Gasteiger charge is 2.11. The number of hydrogen-bond donors (Lipinski definition) is 2. The molecular formula is C12H10BrFN2OS2. The van der Waals surface area contributed by atoms with Crippen molar-refractivity contribution in [3.63, 3.8) is 0 Å². The van der Waals surface area contributed by atoms with Crippen LogP contribution < -0.4 is 5.32 Å². The number of thiazole rings is 1. The number of carbonyl (C=O) groups excluding carboxylic acids is 1. The SMILES string of the molecule is Cc1[nH]c(=S)sc1CC(=O)Nc1cc(F)ccc1Br. The lowest BCUT2D eigenvalue weighted by molar-refractivity contribution is -0.115. The molecule has 0 fully saturated rings. The normalized spacial score (nSPS) is 10.5. The molecule has 0 unspecified atom stereocenters. The van der Waals surface area contributed by atoms with Crippen molar-refractivity contribution >= 4 is 51.1 Å². The average molecular weight is 361 g/mol. The Labute approximate surface area is 127 Å². The van der Waals surface area contributed by atoms with Crippen LogP contribution >= 0.6 is 39.5 Å². The fraction of sp³-hybridized carbons (Fsp3) is 0.167. The summed E-state index contributed by atoms with van der Waals surface area (Å²) in [5.74, 6) is -0.605. The number of anilines is 1. The van der Waals surface area contributed by atoms with E-state index in [1.807, 2.05) is 6.92 Å². The zero-order valence-electron chi connectivity index (χ0n) is 9.92. The molecule has 0 aliphatic carbocycles. The molecule has 0 saturated heterocycles. The van der Waals surface area contributed by atoms with Gasteiger partial charge in [-0.05, 0) is 53.3 Å². The largest absolute Gasteiger partial charge is 0.341 e. The molecule has 19 heavy (non-hydrogen) atoms. The molecule has 1 heterocycles. The van der Waals surface area contributed by atoms with Gasteiger partial charge in [0.1, 0.15) is 5.82 Å². The first-order chi connectivity index (χ1) is 8.95. The van der Waals surface area contributed by atoms with Gasteiger partial charge in [0.15, 0.2) is 3.95 Å². The van der Waals surface area contributed by atoms with E-state index in [1.54, 1.807) is 6.07 Å². The molecule has 0 atom stereocenters. The maximum atomic E-state index is 13.1. The summed E-state index contributed by atoms with van der Waals surface area (Å²) in [5, 5.41) is 2.67. The van der Waals surface area contributed by atoms with Crippen molar-refractivity contribution in [1.82, 2.24) is 4.98 Å². The fourth-order valence-corrected chi connectivity index (χ4v) is 3.17. The summed E-state index contributed by atoms with van der Waals surface area (Å²) in [7, 11) is 0. The van der Waals surface area contributed by atoms with Gasteiger partial charge in [-0.1, -0.05) is 0 Å². The first-order valence-electron chi connectivity index (χ1n) is 5.39. The van der Waals surface area contributed by atoms with Gasteiger partial charge in [0.2, 0.25) is 5.91 Å². The van der Waals surface area contributed by atoms with Crippen molar-refractivity contribution in [3.05, 3.63) is 43.0 Å². The lowest BCUT2D eigenvalue weighted by Gasteiger charge is -2.07. The number of benzene rings is 1. The first kappa shape index (κ1) is 14.4. The molecule has 0 spiro atoms. The van der Waals surface area contributed by atoms with Gasteiger partial charge >= 0.3 is 0 Å². The number of aromatic nitrogens is 1. The smallest absolute Gasteiger partial charge is 0.229 e. The van der Waals surface area contributed by atoms with Gasteiger partial charge in [0, 0.05) is 15.0 Å². The lowest BCUT2D eigenvalue weighted by atomic mass is 10.2. The van der Waals surface area contributed by atoms with Crippen LogP contribution in [0.4, 0.5) is 10.1 Å². The van der Waals surface area contributed by atoms with E-state index in [0.29, 0.717) is 14.1 Å². The number of hydrogen-bond acceptors (Lipinski definition) is 3. The number of aryl methyl sites for hydroxylation is 1. The molecule has 0 saturated carbocycles. The zero-order valence-corrected chi connectivity index (χ0v) is 13.1. The van der Waals surface area contributed by atoms with Crippen molar-refractivity contribution in [3.8, 4) is 0 Å². The van der Waals surface area contributed by atoms with Crippen LogP contribution in [0.3, 0.4) is 0 Å². The second-order valence-corrected chi connectivity index (χ2v) is 6.54. The van der Waals surface area contributed by atoms with Gasteiger partial charge in [0.25, 0.3) is 0 Å². The third-order valence-corrected chi connectivity index (χ3v) is 4.48. The highest BCUT2D eigenvalue weighted by molar-refractivity contribution is 9.10. The maximum Gasteiger partial charge on any atom is 0.229 e. The Morgan fingerprint density at radius 1 is 1.58 bits per heavy atom. The van der Waals surface area contributed by atoms with Gasteiger partial charge in [-0.2, -0.15) is 0 Å². The maximum absolute atomic E-state index is 13.1. The molecule has 2 rings (SSSR count). The Kier molecular flexibility index (Phi) is 4.49. The van der Waals surface area contributed by atoms with E-state index in [4.69, 9.17) is 12.2 Å². The standard InChI is InChI=1S/C12H10BrFN2OS2/c1-6-10(19-12(18)15-6)5-11(17)16-9-4-7(14)2-3-8(9)13/h2-4H,5H2,1H3,(H,15,18)(H,16,17). The predicted molar refractivity (Wildman–Crippen MR) is 80.7 cm³/mol. The Morgan fingerprint density at radius 2 is 2.32 bits per heavy atom. The highest BCUT2D eigenvalue weighted by Crippen LogP contribution is 2.23. The minimum atomic E-state index is -0.396. The first-order valence-corrected chi connectivity index (χ1v) is 7.41. The van der Waals surface area contributed by atoms with Crippen LogP contribution in [0.1, 0.15) is 10.6 Å². The van der Waals surface area contributed by atoms with Crippen LogP contribution in [-0.2, 0) is 11.2 Å². The van der Waals surface area contributed by atoms with E-state index in [1.165, 1.54) is 23.5 Å². The molecule has 0 aliphatic heterocycles. The van der Waals surface area contributed by atoms with Crippen molar-refractivity contribution < 1.29 is 9.18 Å². The number of amides is 1. The molecule has 1 aromatic heterocycles. The Morgan fingerprint density at radius 3 is 2.95 bits per heavy atom. The van der Waals surface area contributed by atoms with Gasteiger partial charge < -0.3 is 10.3 Å². The number of H-pyrrole nitrogens is 1. The highest BCUT2D eigenvalue weighted by atomic mass is 79.9. The van der Waals surface area contributed by atoms with Crippen LogP contribution in [0.25, 0.3) is 0 Å². The number of halogens is 2. The second kappa shape index (κ2) is 5.94. The van der Waals surface area contributed by atoms with Crippen molar-refractivity contribution in [1.29, 1.82) is 0 Å². The molecule has 2 N–H and O–H groups in total. The van der Waals surface area contributed by atoms with Crippen LogP contribution in [0.2, 0.25) is 0 Å². The van der Waals surface area contributed by atoms with E-state index in [9.17, 15) is 9.18 Å². The zero-order chi connectivity index (χ0) is 14.0. The van der Waals surface area contributed by atoms with E-state index in [0.717, 1.165) is 10.6 Å². The minimum Gasteiger partial charge on any atom is -0.341 e. The van der Waals surface area contributed by atoms with Crippen LogP contribution in [0.5, 0.6) is 0 Å². The quantitative estimate of drug-likeness (QED) is 0.805. The van der Waals surface area contributed by atoms with E-state index in [2.05, 4.69) is 26.2 Å². The molecule has 100 valence electrons. The van der Waals surface area contributed by atoms with Crippen molar-refractivity contribution in [2.45, 2.75) is 13.3 Å². The molecule has 3 nitrogen and oxygen atoms in total. The van der Waals surface area contributed by atoms with Gasteiger partial charge in [-0.25, -0.2) is 4.39 Å². The number of rotatable bonds is 3. The summed E-state index contributed by atoms with van der Waals surface area (Å²) in [6.45, 7) is 1.87. The second-order valence-electron chi connectivity index (χ2n) is 3.91. The number of carbonyl (C=O) groups is 1. The van der Waals surface area contributed by atoms with E-state index >= 15 is 0 Å². The Hall–Kier alpha value is -1.05. The lowest BCUT2D eigenvalue weighted by Crippen LogP contribution is -2.14. The molecule has 1 aromatic carbocycles.